The van der Waals surface area contributed by atoms with Crippen molar-refractivity contribution in [3.8, 4) is 5.75 Å². The molecule has 0 saturated heterocycles. The van der Waals surface area contributed by atoms with Gasteiger partial charge in [-0.15, -0.1) is 0 Å². The van der Waals surface area contributed by atoms with Crippen LogP contribution in [-0.4, -0.2) is 15.8 Å². The number of nitrogens with zero attached hydrogens (tertiary/aromatic N) is 2. The Morgan fingerprint density at radius 3 is 2.10 bits per heavy atom. The first-order valence-electron chi connectivity index (χ1n) is 5.68. The summed E-state index contributed by atoms with van der Waals surface area (Å²) in [7, 11) is 0. The average Bonchev–Trinajstić information content (AvgIpc) is 2.47. The molecule has 0 fully saturated rings. The standard InChI is InChI=1S/C13H8N2O6/c16-13(9-3-1-4-10(7-9)14(17)18)21-12-6-2-5-11(8-12)15(19)20/h1-8H. The Labute approximate surface area is 117 Å². The van der Waals surface area contributed by atoms with Gasteiger partial charge in [0, 0.05) is 18.2 Å². The Morgan fingerprint density at radius 2 is 1.48 bits per heavy atom. The van der Waals surface area contributed by atoms with Crippen molar-refractivity contribution in [1.29, 1.82) is 0 Å². The lowest BCUT2D eigenvalue weighted by Gasteiger charge is -2.04. The van der Waals surface area contributed by atoms with Crippen LogP contribution in [-0.2, 0) is 0 Å². The molecule has 2 aromatic rings. The molecule has 8 heteroatoms. The van der Waals surface area contributed by atoms with Crippen LogP contribution < -0.4 is 4.74 Å². The van der Waals surface area contributed by atoms with E-state index in [4.69, 9.17) is 4.74 Å². The number of carbonyl (C=O) groups excluding carboxylic acids is 1. The van der Waals surface area contributed by atoms with Crippen LogP contribution in [0.15, 0.2) is 48.5 Å². The number of hydrogen-bond donors (Lipinski definition) is 0. The number of carbonyl (C=O) groups is 1. The third kappa shape index (κ3) is 3.38. The maximum atomic E-state index is 11.9. The Bertz CT molecular complexity index is 728. The van der Waals surface area contributed by atoms with E-state index in [1.807, 2.05) is 0 Å². The number of nitro groups is 2. The minimum absolute atomic E-state index is 0.0132. The molecular formula is C13H8N2O6. The lowest BCUT2D eigenvalue weighted by Crippen LogP contribution is -2.08. The fourth-order valence-electron chi connectivity index (χ4n) is 1.57. The minimum atomic E-state index is -0.834. The van der Waals surface area contributed by atoms with Crippen molar-refractivity contribution in [2.45, 2.75) is 0 Å². The van der Waals surface area contributed by atoms with Gasteiger partial charge < -0.3 is 4.74 Å². The molecule has 8 nitrogen and oxygen atoms in total. The van der Waals surface area contributed by atoms with Gasteiger partial charge in [0.2, 0.25) is 0 Å². The second-order valence-electron chi connectivity index (χ2n) is 3.95. The molecule has 0 aliphatic heterocycles. The van der Waals surface area contributed by atoms with Crippen LogP contribution in [0.1, 0.15) is 10.4 Å². The Kier molecular flexibility index (Phi) is 3.89. The molecule has 106 valence electrons. The summed E-state index contributed by atoms with van der Waals surface area (Å²) in [5.41, 5.74) is -0.487. The predicted molar refractivity (Wildman–Crippen MR) is 71.2 cm³/mol. The molecule has 2 aromatic carbocycles. The number of non-ortho nitro benzene ring substituents is 2. The molecule has 0 radical (unpaired) electrons. The van der Waals surface area contributed by atoms with Crippen molar-refractivity contribution >= 4 is 17.3 Å². The number of rotatable bonds is 4. The molecule has 0 spiro atoms. The first-order chi connectivity index (χ1) is 9.97. The highest BCUT2D eigenvalue weighted by atomic mass is 16.6. The van der Waals surface area contributed by atoms with E-state index in [1.54, 1.807) is 0 Å². The van der Waals surface area contributed by atoms with Crippen molar-refractivity contribution < 1.29 is 19.4 Å². The van der Waals surface area contributed by atoms with Gasteiger partial charge in [-0.2, -0.15) is 0 Å². The molecule has 0 aromatic heterocycles. The van der Waals surface area contributed by atoms with E-state index in [0.29, 0.717) is 0 Å². The monoisotopic (exact) mass is 288 g/mol. The Hall–Kier alpha value is -3.29. The summed E-state index contributed by atoms with van der Waals surface area (Å²) in [6, 6.07) is 10.1. The van der Waals surface area contributed by atoms with Gasteiger partial charge in [0.1, 0.15) is 5.75 Å². The van der Waals surface area contributed by atoms with Crippen LogP contribution >= 0.6 is 0 Å². The van der Waals surface area contributed by atoms with E-state index in [9.17, 15) is 25.0 Å². The molecule has 0 amide bonds. The summed E-state index contributed by atoms with van der Waals surface area (Å²) < 4.78 is 4.96. The lowest BCUT2D eigenvalue weighted by molar-refractivity contribution is -0.385. The van der Waals surface area contributed by atoms with Gasteiger partial charge in [0.05, 0.1) is 21.5 Å². The van der Waals surface area contributed by atoms with E-state index >= 15 is 0 Å². The molecule has 0 N–H and O–H groups in total. The van der Waals surface area contributed by atoms with Crippen molar-refractivity contribution in [3.05, 3.63) is 74.3 Å². The number of nitro benzene ring substituents is 2. The summed E-state index contributed by atoms with van der Waals surface area (Å²) in [6.45, 7) is 0. The molecule has 0 atom stereocenters. The fraction of sp³-hybridized carbons (Fsp3) is 0. The van der Waals surface area contributed by atoms with E-state index < -0.39 is 15.8 Å². The number of ether oxygens (including phenoxy) is 1. The van der Waals surface area contributed by atoms with Crippen LogP contribution in [0.2, 0.25) is 0 Å². The van der Waals surface area contributed by atoms with Crippen LogP contribution in [0.5, 0.6) is 5.75 Å². The lowest BCUT2D eigenvalue weighted by atomic mass is 10.2. The summed E-state index contributed by atoms with van der Waals surface area (Å²) in [5.74, 6) is -0.847. The predicted octanol–water partition coefficient (Wildman–Crippen LogP) is 2.72. The zero-order valence-corrected chi connectivity index (χ0v) is 10.5. The van der Waals surface area contributed by atoms with Crippen LogP contribution in [0.25, 0.3) is 0 Å². The maximum absolute atomic E-state index is 11.9. The third-order valence-electron chi connectivity index (χ3n) is 2.53. The van der Waals surface area contributed by atoms with Crippen molar-refractivity contribution in [2.75, 3.05) is 0 Å². The molecule has 2 rings (SSSR count). The van der Waals surface area contributed by atoms with Crippen molar-refractivity contribution in [3.63, 3.8) is 0 Å². The fourth-order valence-corrected chi connectivity index (χ4v) is 1.57. The third-order valence-corrected chi connectivity index (χ3v) is 2.53. The quantitative estimate of drug-likeness (QED) is 0.370. The normalized spacial score (nSPS) is 9.90. The van der Waals surface area contributed by atoms with Gasteiger partial charge in [0.25, 0.3) is 11.4 Å². The zero-order valence-electron chi connectivity index (χ0n) is 10.5. The molecule has 0 saturated carbocycles. The van der Waals surface area contributed by atoms with Gasteiger partial charge in [-0.3, -0.25) is 20.2 Å². The molecular weight excluding hydrogens is 280 g/mol. The maximum Gasteiger partial charge on any atom is 0.343 e. The van der Waals surface area contributed by atoms with Crippen LogP contribution in [0.3, 0.4) is 0 Å². The van der Waals surface area contributed by atoms with Crippen molar-refractivity contribution in [1.82, 2.24) is 0 Å². The van der Waals surface area contributed by atoms with E-state index in [1.165, 1.54) is 36.4 Å². The van der Waals surface area contributed by atoms with Crippen LogP contribution in [0, 0.1) is 20.2 Å². The van der Waals surface area contributed by atoms with Gasteiger partial charge in [-0.25, -0.2) is 4.79 Å². The van der Waals surface area contributed by atoms with Crippen LogP contribution in [0.4, 0.5) is 11.4 Å². The van der Waals surface area contributed by atoms with E-state index in [-0.39, 0.29) is 22.7 Å². The summed E-state index contributed by atoms with van der Waals surface area (Å²) in [6.07, 6.45) is 0. The minimum Gasteiger partial charge on any atom is -0.423 e. The molecule has 0 unspecified atom stereocenters. The molecule has 0 aliphatic rings. The van der Waals surface area contributed by atoms with E-state index in [2.05, 4.69) is 0 Å². The van der Waals surface area contributed by atoms with Gasteiger partial charge >= 0.3 is 5.97 Å². The smallest absolute Gasteiger partial charge is 0.343 e. The molecule has 0 heterocycles. The highest BCUT2D eigenvalue weighted by Crippen LogP contribution is 2.21. The number of benzene rings is 2. The first-order valence-corrected chi connectivity index (χ1v) is 5.68. The Balaban J connectivity index is 2.22. The number of hydrogen-bond acceptors (Lipinski definition) is 6. The van der Waals surface area contributed by atoms with Crippen molar-refractivity contribution in [2.24, 2.45) is 0 Å². The van der Waals surface area contributed by atoms with Gasteiger partial charge in [0.15, 0.2) is 0 Å². The summed E-state index contributed by atoms with van der Waals surface area (Å²) in [4.78, 5) is 31.9. The largest absolute Gasteiger partial charge is 0.423 e. The Morgan fingerprint density at radius 1 is 0.905 bits per heavy atom. The first kappa shape index (κ1) is 14.1. The van der Waals surface area contributed by atoms with E-state index in [0.717, 1.165) is 12.1 Å². The topological polar surface area (TPSA) is 113 Å². The number of esters is 1. The molecule has 0 aliphatic carbocycles. The highest BCUT2D eigenvalue weighted by Gasteiger charge is 2.14. The second kappa shape index (κ2) is 5.78. The summed E-state index contributed by atoms with van der Waals surface area (Å²) >= 11 is 0. The average molecular weight is 288 g/mol. The zero-order chi connectivity index (χ0) is 15.4. The van der Waals surface area contributed by atoms with Gasteiger partial charge in [-0.05, 0) is 12.1 Å². The SMILES string of the molecule is O=C(Oc1cccc([N+](=O)[O-])c1)c1cccc([N+](=O)[O-])c1. The molecule has 0 bridgehead atoms. The van der Waals surface area contributed by atoms with Gasteiger partial charge in [-0.1, -0.05) is 12.1 Å². The molecule has 21 heavy (non-hydrogen) atoms. The summed E-state index contributed by atoms with van der Waals surface area (Å²) in [5, 5.41) is 21.3. The second-order valence-corrected chi connectivity index (χ2v) is 3.95. The highest BCUT2D eigenvalue weighted by molar-refractivity contribution is 5.91.